The summed E-state index contributed by atoms with van der Waals surface area (Å²) in [7, 11) is 3.61. The minimum absolute atomic E-state index is 0.0559. The molecule has 3 rings (SSSR count). The molecule has 6 nitrogen and oxygen atoms in total. The fraction of sp³-hybridized carbons (Fsp3) is 0.471. The SMILES string of the molecule is CO[C@H]1CCN(C(=O)Cc2ccccn2)[C@@H]1Cc1cnn(C)c1. The summed E-state index contributed by atoms with van der Waals surface area (Å²) >= 11 is 0. The van der Waals surface area contributed by atoms with Crippen molar-refractivity contribution in [3.63, 3.8) is 0 Å². The number of methoxy groups -OCH3 is 1. The third-order valence-electron chi connectivity index (χ3n) is 4.37. The molecule has 2 atom stereocenters. The van der Waals surface area contributed by atoms with Crippen LogP contribution in [0.4, 0.5) is 0 Å². The molecular weight excluding hydrogens is 292 g/mol. The quantitative estimate of drug-likeness (QED) is 0.832. The molecule has 1 amide bonds. The molecule has 1 saturated heterocycles. The van der Waals surface area contributed by atoms with Crippen LogP contribution in [-0.4, -0.2) is 51.4 Å². The summed E-state index contributed by atoms with van der Waals surface area (Å²) in [6.45, 7) is 0.731. The number of amides is 1. The van der Waals surface area contributed by atoms with Gasteiger partial charge in [0.2, 0.25) is 5.91 Å². The lowest BCUT2D eigenvalue weighted by Gasteiger charge is -2.27. The first kappa shape index (κ1) is 15.7. The van der Waals surface area contributed by atoms with Gasteiger partial charge in [-0.2, -0.15) is 5.10 Å². The van der Waals surface area contributed by atoms with Crippen LogP contribution in [0, 0.1) is 0 Å². The van der Waals surface area contributed by atoms with Gasteiger partial charge in [-0.25, -0.2) is 0 Å². The fourth-order valence-corrected chi connectivity index (χ4v) is 3.23. The largest absolute Gasteiger partial charge is 0.379 e. The molecule has 0 N–H and O–H groups in total. The van der Waals surface area contributed by atoms with Gasteiger partial charge < -0.3 is 9.64 Å². The van der Waals surface area contributed by atoms with E-state index in [1.54, 1.807) is 18.0 Å². The summed E-state index contributed by atoms with van der Waals surface area (Å²) in [5.74, 6) is 0.108. The van der Waals surface area contributed by atoms with E-state index in [1.807, 2.05) is 42.5 Å². The summed E-state index contributed by atoms with van der Waals surface area (Å²) < 4.78 is 7.38. The van der Waals surface area contributed by atoms with Gasteiger partial charge in [0.1, 0.15) is 0 Å². The highest BCUT2D eigenvalue weighted by Crippen LogP contribution is 2.24. The summed E-state index contributed by atoms with van der Waals surface area (Å²) in [5, 5.41) is 4.21. The second-order valence-corrected chi connectivity index (χ2v) is 5.94. The average molecular weight is 314 g/mol. The van der Waals surface area contributed by atoms with Gasteiger partial charge in [-0.1, -0.05) is 6.07 Å². The Hall–Kier alpha value is -2.21. The number of carbonyl (C=O) groups excluding carboxylic acids is 1. The third-order valence-corrected chi connectivity index (χ3v) is 4.37. The van der Waals surface area contributed by atoms with Gasteiger partial charge in [0, 0.05) is 38.8 Å². The van der Waals surface area contributed by atoms with Crippen molar-refractivity contribution in [2.75, 3.05) is 13.7 Å². The van der Waals surface area contributed by atoms with Crippen LogP contribution < -0.4 is 0 Å². The molecule has 23 heavy (non-hydrogen) atoms. The van der Waals surface area contributed by atoms with Gasteiger partial charge in [0.15, 0.2) is 0 Å². The summed E-state index contributed by atoms with van der Waals surface area (Å²) in [6, 6.07) is 5.71. The van der Waals surface area contributed by atoms with Crippen molar-refractivity contribution >= 4 is 5.91 Å². The lowest BCUT2D eigenvalue weighted by Crippen LogP contribution is -2.42. The highest BCUT2D eigenvalue weighted by molar-refractivity contribution is 5.79. The minimum atomic E-state index is 0.0559. The van der Waals surface area contributed by atoms with E-state index in [9.17, 15) is 4.79 Å². The average Bonchev–Trinajstić information content (AvgIpc) is 3.15. The summed E-state index contributed by atoms with van der Waals surface area (Å²) in [6.07, 6.45) is 7.61. The Morgan fingerprint density at radius 3 is 2.96 bits per heavy atom. The predicted octanol–water partition coefficient (Wildman–Crippen LogP) is 1.22. The number of carbonyl (C=O) groups is 1. The van der Waals surface area contributed by atoms with Crippen LogP contribution in [-0.2, 0) is 29.4 Å². The molecule has 1 fully saturated rings. The van der Waals surface area contributed by atoms with Crippen LogP contribution >= 0.6 is 0 Å². The minimum Gasteiger partial charge on any atom is -0.379 e. The fourth-order valence-electron chi connectivity index (χ4n) is 3.23. The maximum atomic E-state index is 12.7. The number of hydrogen-bond acceptors (Lipinski definition) is 4. The Labute approximate surface area is 136 Å². The number of rotatable bonds is 5. The maximum Gasteiger partial charge on any atom is 0.228 e. The molecule has 6 heteroatoms. The first-order valence-electron chi connectivity index (χ1n) is 7.87. The smallest absolute Gasteiger partial charge is 0.228 e. The van der Waals surface area contributed by atoms with Crippen molar-refractivity contribution in [2.45, 2.75) is 31.4 Å². The molecule has 0 saturated carbocycles. The Morgan fingerprint density at radius 2 is 2.30 bits per heavy atom. The van der Waals surface area contributed by atoms with Gasteiger partial charge in [-0.3, -0.25) is 14.5 Å². The molecule has 2 aromatic rings. The van der Waals surface area contributed by atoms with E-state index in [1.165, 1.54) is 0 Å². The van der Waals surface area contributed by atoms with Crippen molar-refractivity contribution in [3.8, 4) is 0 Å². The van der Waals surface area contributed by atoms with Crippen LogP contribution in [0.3, 0.4) is 0 Å². The van der Waals surface area contributed by atoms with E-state index in [4.69, 9.17) is 4.74 Å². The van der Waals surface area contributed by atoms with Gasteiger partial charge >= 0.3 is 0 Å². The number of aryl methyl sites for hydroxylation is 1. The zero-order valence-corrected chi connectivity index (χ0v) is 13.6. The lowest BCUT2D eigenvalue weighted by molar-refractivity contribution is -0.132. The molecule has 0 bridgehead atoms. The molecular formula is C17H22N4O2. The van der Waals surface area contributed by atoms with Crippen molar-refractivity contribution in [1.29, 1.82) is 0 Å². The molecule has 1 aliphatic heterocycles. The number of ether oxygens (including phenoxy) is 1. The molecule has 2 aromatic heterocycles. The molecule has 122 valence electrons. The first-order valence-corrected chi connectivity index (χ1v) is 7.87. The van der Waals surface area contributed by atoms with E-state index in [0.717, 1.165) is 30.6 Å². The van der Waals surface area contributed by atoms with Crippen LogP contribution in [0.1, 0.15) is 17.7 Å². The summed E-state index contributed by atoms with van der Waals surface area (Å²) in [5.41, 5.74) is 1.93. The highest BCUT2D eigenvalue weighted by atomic mass is 16.5. The van der Waals surface area contributed by atoms with Gasteiger partial charge in [-0.15, -0.1) is 0 Å². The van der Waals surface area contributed by atoms with Crippen molar-refractivity contribution < 1.29 is 9.53 Å². The number of pyridine rings is 1. The van der Waals surface area contributed by atoms with Crippen LogP contribution in [0.15, 0.2) is 36.8 Å². The summed E-state index contributed by atoms with van der Waals surface area (Å²) in [4.78, 5) is 18.9. The number of likely N-dealkylation sites (tertiary alicyclic amines) is 1. The van der Waals surface area contributed by atoms with Crippen LogP contribution in [0.5, 0.6) is 0 Å². The van der Waals surface area contributed by atoms with E-state index < -0.39 is 0 Å². The van der Waals surface area contributed by atoms with Crippen LogP contribution in [0.2, 0.25) is 0 Å². The molecule has 0 radical (unpaired) electrons. The van der Waals surface area contributed by atoms with Gasteiger partial charge in [0.25, 0.3) is 0 Å². The second-order valence-electron chi connectivity index (χ2n) is 5.94. The molecule has 1 aliphatic rings. The van der Waals surface area contributed by atoms with E-state index in [0.29, 0.717) is 6.42 Å². The molecule has 0 spiro atoms. The predicted molar refractivity (Wildman–Crippen MR) is 85.8 cm³/mol. The monoisotopic (exact) mass is 314 g/mol. The Balaban J connectivity index is 1.72. The van der Waals surface area contributed by atoms with E-state index in [2.05, 4.69) is 10.1 Å². The van der Waals surface area contributed by atoms with Crippen molar-refractivity contribution in [1.82, 2.24) is 19.7 Å². The van der Waals surface area contributed by atoms with Crippen molar-refractivity contribution in [2.24, 2.45) is 7.05 Å². The topological polar surface area (TPSA) is 60.2 Å². The number of nitrogens with zero attached hydrogens (tertiary/aromatic N) is 4. The highest BCUT2D eigenvalue weighted by Gasteiger charge is 2.37. The van der Waals surface area contributed by atoms with Gasteiger partial charge in [0.05, 0.1) is 24.8 Å². The van der Waals surface area contributed by atoms with Crippen molar-refractivity contribution in [3.05, 3.63) is 48.0 Å². The van der Waals surface area contributed by atoms with Crippen LogP contribution in [0.25, 0.3) is 0 Å². The maximum absolute atomic E-state index is 12.7. The zero-order chi connectivity index (χ0) is 16.2. The Morgan fingerprint density at radius 1 is 1.43 bits per heavy atom. The Bertz CT molecular complexity index is 656. The molecule has 0 unspecified atom stereocenters. The van der Waals surface area contributed by atoms with E-state index in [-0.39, 0.29) is 18.1 Å². The third kappa shape index (κ3) is 3.59. The normalized spacial score (nSPS) is 20.9. The molecule has 0 aromatic carbocycles. The first-order chi connectivity index (χ1) is 11.2. The Kier molecular flexibility index (Phi) is 4.71. The zero-order valence-electron chi connectivity index (χ0n) is 13.6. The standard InChI is InChI=1S/C17H22N4O2/c1-20-12-13(11-19-20)9-15-16(23-2)6-8-21(15)17(22)10-14-5-3-4-7-18-14/h3-5,7,11-12,15-16H,6,8-10H2,1-2H3/t15-,16+/m1/s1. The molecule has 0 aliphatic carbocycles. The van der Waals surface area contributed by atoms with Gasteiger partial charge in [-0.05, 0) is 30.5 Å². The van der Waals surface area contributed by atoms with E-state index >= 15 is 0 Å². The number of hydrogen-bond donors (Lipinski definition) is 0. The number of aromatic nitrogens is 3. The second kappa shape index (κ2) is 6.91. The molecule has 3 heterocycles. The lowest BCUT2D eigenvalue weighted by atomic mass is 10.0.